The number of urea groups is 1. The Morgan fingerprint density at radius 3 is 2.46 bits per heavy atom. The summed E-state index contributed by atoms with van der Waals surface area (Å²) < 4.78 is 3.08. The highest BCUT2D eigenvalue weighted by molar-refractivity contribution is 7.98. The number of nitrogens with zero attached hydrogens (tertiary/aromatic N) is 1. The monoisotopic (exact) mass is 373 g/mol. The van der Waals surface area contributed by atoms with Gasteiger partial charge in [0.1, 0.15) is 0 Å². The molecule has 0 bridgehead atoms. The van der Waals surface area contributed by atoms with Crippen molar-refractivity contribution in [2.45, 2.75) is 76.5 Å². The number of piperidine rings is 1. The lowest BCUT2D eigenvalue weighted by Crippen LogP contribution is -2.42. The average Bonchev–Trinajstić information content (AvgIpc) is 3.29. The van der Waals surface area contributed by atoms with Crippen molar-refractivity contribution in [3.63, 3.8) is 0 Å². The maximum Gasteiger partial charge on any atom is 0.329 e. The number of hydrogen-bond donors (Lipinski definition) is 2. The van der Waals surface area contributed by atoms with Crippen LogP contribution in [0.5, 0.6) is 0 Å². The molecule has 4 rings (SSSR count). The molecule has 1 fully saturated rings. The first-order valence-electron chi connectivity index (χ1n) is 10.2. The number of carbonyl (C=O) groups excluding carboxylic acids is 1. The van der Waals surface area contributed by atoms with E-state index in [1.165, 1.54) is 67.3 Å². The second kappa shape index (κ2) is 7.81. The Labute approximate surface area is 161 Å². The number of aryl methyl sites for hydroxylation is 2. The van der Waals surface area contributed by atoms with Crippen LogP contribution in [0.3, 0.4) is 0 Å². The van der Waals surface area contributed by atoms with Crippen LogP contribution in [0, 0.1) is 0 Å². The summed E-state index contributed by atoms with van der Waals surface area (Å²) in [4.78, 5) is 15.1. The molecule has 1 aromatic carbocycles. The molecule has 2 N–H and O–H groups in total. The molecule has 5 heteroatoms. The molecular formula is C21H31N3OS. The van der Waals surface area contributed by atoms with Gasteiger partial charge in [0.25, 0.3) is 0 Å². The molecule has 2 aliphatic carbocycles. The number of hydrogen-bond acceptors (Lipinski definition) is 3. The van der Waals surface area contributed by atoms with Gasteiger partial charge in [0.15, 0.2) is 0 Å². The normalized spacial score (nSPS) is 22.3. The van der Waals surface area contributed by atoms with Gasteiger partial charge in [0, 0.05) is 23.5 Å². The summed E-state index contributed by atoms with van der Waals surface area (Å²) >= 11 is 1.61. The second-order valence-electron chi connectivity index (χ2n) is 8.26. The molecule has 26 heavy (non-hydrogen) atoms. The topological polar surface area (TPSA) is 44.4 Å². The van der Waals surface area contributed by atoms with Crippen molar-refractivity contribution < 1.29 is 4.79 Å². The largest absolute Gasteiger partial charge is 0.329 e. The third-order valence-corrected chi connectivity index (χ3v) is 7.19. The van der Waals surface area contributed by atoms with Crippen molar-refractivity contribution in [2.24, 2.45) is 0 Å². The van der Waals surface area contributed by atoms with Crippen LogP contribution in [-0.4, -0.2) is 35.3 Å². The summed E-state index contributed by atoms with van der Waals surface area (Å²) in [6.07, 6.45) is 9.39. The van der Waals surface area contributed by atoms with Gasteiger partial charge in [-0.3, -0.25) is 9.62 Å². The van der Waals surface area contributed by atoms with Crippen LogP contribution in [0.15, 0.2) is 6.07 Å². The van der Waals surface area contributed by atoms with Crippen LogP contribution in [0.2, 0.25) is 0 Å². The van der Waals surface area contributed by atoms with Crippen molar-refractivity contribution in [1.82, 2.24) is 9.62 Å². The number of amides is 2. The zero-order valence-electron chi connectivity index (χ0n) is 16.1. The maximum atomic E-state index is 12.6. The fourth-order valence-electron chi connectivity index (χ4n) is 4.77. The molecule has 1 saturated heterocycles. The Kier molecular flexibility index (Phi) is 5.46. The molecule has 1 atom stereocenters. The van der Waals surface area contributed by atoms with E-state index in [4.69, 9.17) is 0 Å². The number of carbonyl (C=O) groups is 1. The standard InChI is InChI=1S/C21H31N3OS/c1-14(2)24-11-5-8-17(13-24)26-23-21(25)22-20-18-9-3-6-15(18)12-16-7-4-10-19(16)20/h12,14,17H,3-11,13H2,1-2H3,(H2,22,23,25). The zero-order chi connectivity index (χ0) is 18.1. The first-order chi connectivity index (χ1) is 12.6. The van der Waals surface area contributed by atoms with Gasteiger partial charge in [0.05, 0.1) is 0 Å². The van der Waals surface area contributed by atoms with Gasteiger partial charge in [-0.25, -0.2) is 4.79 Å². The van der Waals surface area contributed by atoms with Gasteiger partial charge < -0.3 is 5.32 Å². The molecule has 2 amide bonds. The van der Waals surface area contributed by atoms with Crippen molar-refractivity contribution in [3.8, 4) is 0 Å². The van der Waals surface area contributed by atoms with Crippen LogP contribution in [0.25, 0.3) is 0 Å². The summed E-state index contributed by atoms with van der Waals surface area (Å²) in [5.74, 6) is 0. The third-order valence-electron chi connectivity index (χ3n) is 6.17. The maximum absolute atomic E-state index is 12.6. The molecule has 1 aromatic rings. The van der Waals surface area contributed by atoms with Crippen LogP contribution in [-0.2, 0) is 25.7 Å². The lowest BCUT2D eigenvalue weighted by Gasteiger charge is -2.34. The summed E-state index contributed by atoms with van der Waals surface area (Å²) in [6.45, 7) is 6.76. The Bertz CT molecular complexity index is 656. The molecular weight excluding hydrogens is 342 g/mol. The van der Waals surface area contributed by atoms with Crippen LogP contribution < -0.4 is 10.0 Å². The SMILES string of the molecule is CC(C)N1CCCC(SNC(=O)Nc2c3c(cc4c2CCC4)CCC3)C1. The predicted molar refractivity (Wildman–Crippen MR) is 110 cm³/mol. The summed E-state index contributed by atoms with van der Waals surface area (Å²) in [6, 6.07) is 2.94. The van der Waals surface area contributed by atoms with E-state index in [2.05, 4.69) is 34.9 Å². The Hall–Kier alpha value is -1.20. The summed E-state index contributed by atoms with van der Waals surface area (Å²) in [5, 5.41) is 3.72. The molecule has 1 unspecified atom stereocenters. The number of nitrogens with one attached hydrogen (secondary N) is 2. The lowest BCUT2D eigenvalue weighted by molar-refractivity contribution is 0.189. The number of benzene rings is 1. The van der Waals surface area contributed by atoms with Gasteiger partial charge in [-0.15, -0.1) is 0 Å². The van der Waals surface area contributed by atoms with Gasteiger partial charge >= 0.3 is 6.03 Å². The van der Waals surface area contributed by atoms with E-state index in [-0.39, 0.29) is 6.03 Å². The van der Waals surface area contributed by atoms with Crippen LogP contribution in [0.1, 0.15) is 61.8 Å². The van der Waals surface area contributed by atoms with Gasteiger partial charge in [-0.1, -0.05) is 6.07 Å². The molecule has 0 saturated carbocycles. The smallest absolute Gasteiger partial charge is 0.307 e. The molecule has 1 aliphatic heterocycles. The van der Waals surface area contributed by atoms with Crippen molar-refractivity contribution in [3.05, 3.63) is 28.3 Å². The Balaban J connectivity index is 1.39. The van der Waals surface area contributed by atoms with E-state index in [1.54, 1.807) is 11.9 Å². The molecule has 4 nitrogen and oxygen atoms in total. The Morgan fingerprint density at radius 1 is 1.12 bits per heavy atom. The van der Waals surface area contributed by atoms with Crippen molar-refractivity contribution >= 4 is 23.7 Å². The van der Waals surface area contributed by atoms with E-state index in [9.17, 15) is 4.79 Å². The highest BCUT2D eigenvalue weighted by Gasteiger charge is 2.26. The minimum absolute atomic E-state index is 0.0499. The number of likely N-dealkylation sites (tertiary alicyclic amines) is 1. The van der Waals surface area contributed by atoms with Gasteiger partial charge in [-0.2, -0.15) is 0 Å². The summed E-state index contributed by atoms with van der Waals surface area (Å²) in [5.41, 5.74) is 6.86. The minimum Gasteiger partial charge on any atom is -0.307 e. The van der Waals surface area contributed by atoms with E-state index in [0.29, 0.717) is 11.3 Å². The number of rotatable bonds is 4. The van der Waals surface area contributed by atoms with Crippen LogP contribution in [0.4, 0.5) is 10.5 Å². The lowest BCUT2D eigenvalue weighted by atomic mass is 9.99. The quantitative estimate of drug-likeness (QED) is 0.773. The molecule has 0 spiro atoms. The molecule has 3 aliphatic rings. The molecule has 1 heterocycles. The molecule has 0 radical (unpaired) electrons. The number of anilines is 1. The predicted octanol–water partition coefficient (Wildman–Crippen LogP) is 4.31. The van der Waals surface area contributed by atoms with Crippen molar-refractivity contribution in [1.29, 1.82) is 0 Å². The first-order valence-corrected chi connectivity index (χ1v) is 11.1. The van der Waals surface area contributed by atoms with Gasteiger partial charge in [-0.05, 0) is 106 Å². The van der Waals surface area contributed by atoms with E-state index in [1.807, 2.05) is 0 Å². The molecule has 0 aromatic heterocycles. The van der Waals surface area contributed by atoms with E-state index < -0.39 is 0 Å². The van der Waals surface area contributed by atoms with Crippen molar-refractivity contribution in [2.75, 3.05) is 18.4 Å². The summed E-state index contributed by atoms with van der Waals surface area (Å²) in [7, 11) is 0. The fourth-order valence-corrected chi connectivity index (χ4v) is 5.65. The number of fused-ring (bicyclic) bond motifs is 2. The highest BCUT2D eigenvalue weighted by atomic mass is 32.2. The average molecular weight is 374 g/mol. The second-order valence-corrected chi connectivity index (χ2v) is 9.37. The minimum atomic E-state index is -0.0499. The van der Waals surface area contributed by atoms with Crippen LogP contribution >= 0.6 is 11.9 Å². The van der Waals surface area contributed by atoms with Gasteiger partial charge in [0.2, 0.25) is 0 Å². The van der Waals surface area contributed by atoms with E-state index in [0.717, 1.165) is 25.1 Å². The highest BCUT2D eigenvalue weighted by Crippen LogP contribution is 2.38. The zero-order valence-corrected chi connectivity index (χ0v) is 16.9. The first kappa shape index (κ1) is 18.2. The third kappa shape index (κ3) is 3.74. The molecule has 142 valence electrons. The Morgan fingerprint density at radius 2 is 1.81 bits per heavy atom. The fraction of sp³-hybridized carbons (Fsp3) is 0.667. The van der Waals surface area contributed by atoms with E-state index >= 15 is 0 Å².